The molecule has 0 atom stereocenters. The van der Waals surface area contributed by atoms with E-state index in [-0.39, 0.29) is 11.2 Å². The van der Waals surface area contributed by atoms with Gasteiger partial charge in [0.1, 0.15) is 0 Å². The first-order valence-corrected chi connectivity index (χ1v) is 8.60. The highest BCUT2D eigenvalue weighted by atomic mass is 19.4. The Kier molecular flexibility index (Phi) is 5.04. The van der Waals surface area contributed by atoms with Gasteiger partial charge in [0.25, 0.3) is 11.5 Å². The molecule has 1 amide bonds. The Bertz CT molecular complexity index is 1070. The summed E-state index contributed by atoms with van der Waals surface area (Å²) in [7, 11) is 0. The van der Waals surface area contributed by atoms with Crippen LogP contribution in [0.5, 0.6) is 0 Å². The molecular weight excluding hydrogens is 387 g/mol. The number of rotatable bonds is 3. The van der Waals surface area contributed by atoms with E-state index in [1.54, 1.807) is 24.3 Å². The first-order valence-electron chi connectivity index (χ1n) is 8.60. The molecule has 29 heavy (non-hydrogen) atoms. The van der Waals surface area contributed by atoms with Gasteiger partial charge in [-0.1, -0.05) is 32.9 Å². The number of amides is 1. The van der Waals surface area contributed by atoms with Crippen molar-refractivity contribution in [3.05, 3.63) is 69.8 Å². The minimum absolute atomic E-state index is 0.100. The van der Waals surface area contributed by atoms with E-state index in [2.05, 4.69) is 15.5 Å². The largest absolute Gasteiger partial charge is 0.434 e. The lowest BCUT2D eigenvalue weighted by molar-refractivity contribution is -0.143. The zero-order chi connectivity index (χ0) is 21.4. The lowest BCUT2D eigenvalue weighted by atomic mass is 9.87. The molecule has 152 valence electrons. The molecule has 0 aliphatic carbocycles. The Morgan fingerprint density at radius 1 is 1.07 bits per heavy atom. The minimum atomic E-state index is -4.88. The van der Waals surface area contributed by atoms with Crippen LogP contribution in [0.1, 0.15) is 42.4 Å². The number of aromatic amines is 1. The number of aromatic nitrogens is 4. The number of benzene rings is 1. The average molecular weight is 405 g/mol. The van der Waals surface area contributed by atoms with Crippen LogP contribution in [-0.4, -0.2) is 25.9 Å². The molecule has 2 aromatic heterocycles. The molecule has 3 aromatic rings. The molecule has 7 nitrogen and oxygen atoms in total. The minimum Gasteiger partial charge on any atom is -0.322 e. The fourth-order valence-corrected chi connectivity index (χ4v) is 2.67. The number of carbonyl (C=O) groups is 1. The molecule has 0 bridgehead atoms. The molecule has 0 fully saturated rings. The maximum absolute atomic E-state index is 13.6. The summed E-state index contributed by atoms with van der Waals surface area (Å²) in [6.07, 6.45) is -4.06. The van der Waals surface area contributed by atoms with Crippen molar-refractivity contribution in [3.63, 3.8) is 0 Å². The van der Waals surface area contributed by atoms with E-state index in [9.17, 15) is 22.8 Å². The molecule has 1 aromatic carbocycles. The molecule has 0 saturated carbocycles. The molecule has 0 aliphatic rings. The van der Waals surface area contributed by atoms with Crippen molar-refractivity contribution in [3.8, 4) is 5.82 Å². The summed E-state index contributed by atoms with van der Waals surface area (Å²) >= 11 is 0. The van der Waals surface area contributed by atoms with E-state index in [0.29, 0.717) is 10.4 Å². The van der Waals surface area contributed by atoms with Gasteiger partial charge in [0.05, 0.1) is 11.8 Å². The Hall–Kier alpha value is -3.43. The molecule has 0 radical (unpaired) electrons. The van der Waals surface area contributed by atoms with Crippen LogP contribution in [0.25, 0.3) is 5.82 Å². The van der Waals surface area contributed by atoms with Gasteiger partial charge in [0, 0.05) is 11.8 Å². The summed E-state index contributed by atoms with van der Waals surface area (Å²) in [5.74, 6) is -1.23. The van der Waals surface area contributed by atoms with E-state index in [1.807, 2.05) is 25.9 Å². The summed E-state index contributed by atoms with van der Waals surface area (Å²) in [5.41, 5.74) is -1.26. The Morgan fingerprint density at radius 2 is 1.72 bits per heavy atom. The molecular formula is C19H18F3N5O2. The van der Waals surface area contributed by atoms with Crippen molar-refractivity contribution in [2.75, 3.05) is 5.32 Å². The van der Waals surface area contributed by atoms with Crippen molar-refractivity contribution in [2.24, 2.45) is 0 Å². The lowest BCUT2D eigenvalue weighted by Gasteiger charge is -2.19. The number of H-pyrrole nitrogens is 1. The highest BCUT2D eigenvalue weighted by Crippen LogP contribution is 2.33. The summed E-state index contributed by atoms with van der Waals surface area (Å²) in [6.45, 7) is 6.07. The maximum Gasteiger partial charge on any atom is 0.434 e. The number of anilines is 1. The van der Waals surface area contributed by atoms with Crippen LogP contribution < -0.4 is 10.9 Å². The predicted octanol–water partition coefficient (Wildman–Crippen LogP) is 3.52. The van der Waals surface area contributed by atoms with Gasteiger partial charge in [-0.25, -0.2) is 9.78 Å². The van der Waals surface area contributed by atoms with Crippen molar-refractivity contribution in [1.82, 2.24) is 20.0 Å². The van der Waals surface area contributed by atoms with Gasteiger partial charge < -0.3 is 5.32 Å². The van der Waals surface area contributed by atoms with Gasteiger partial charge in [-0.05, 0) is 29.2 Å². The summed E-state index contributed by atoms with van der Waals surface area (Å²) < 4.78 is 41.4. The third-order valence-corrected chi connectivity index (χ3v) is 4.17. The van der Waals surface area contributed by atoms with Crippen LogP contribution in [0.3, 0.4) is 0 Å². The van der Waals surface area contributed by atoms with Crippen molar-refractivity contribution < 1.29 is 18.0 Å². The average Bonchev–Trinajstić information content (AvgIpc) is 3.08. The second-order valence-electron chi connectivity index (χ2n) is 7.38. The fraction of sp³-hybridized carbons (Fsp3) is 0.263. The zero-order valence-electron chi connectivity index (χ0n) is 15.8. The molecule has 0 spiro atoms. The van der Waals surface area contributed by atoms with Gasteiger partial charge in [0.15, 0.2) is 11.5 Å². The Balaban J connectivity index is 1.95. The SMILES string of the molecule is CC(C)(C)c1ccc(NC(=O)c2cnn(-c3ccc(=O)[nH]n3)c2C(F)(F)F)cc1. The number of halogens is 3. The van der Waals surface area contributed by atoms with E-state index in [4.69, 9.17) is 0 Å². The van der Waals surface area contributed by atoms with Crippen LogP contribution in [0.4, 0.5) is 18.9 Å². The van der Waals surface area contributed by atoms with Crippen LogP contribution in [0, 0.1) is 0 Å². The third-order valence-electron chi connectivity index (χ3n) is 4.17. The van der Waals surface area contributed by atoms with Gasteiger partial charge >= 0.3 is 6.18 Å². The molecule has 0 unspecified atom stereocenters. The molecule has 2 N–H and O–H groups in total. The molecule has 10 heteroatoms. The van der Waals surface area contributed by atoms with Crippen molar-refractivity contribution in [1.29, 1.82) is 0 Å². The van der Waals surface area contributed by atoms with Gasteiger partial charge in [0.2, 0.25) is 0 Å². The lowest BCUT2D eigenvalue weighted by Crippen LogP contribution is -2.22. The van der Waals surface area contributed by atoms with Crippen molar-refractivity contribution >= 4 is 11.6 Å². The fourth-order valence-electron chi connectivity index (χ4n) is 2.67. The third kappa shape index (κ3) is 4.36. The second-order valence-corrected chi connectivity index (χ2v) is 7.38. The number of nitrogens with one attached hydrogen (secondary N) is 2. The van der Waals surface area contributed by atoms with E-state index >= 15 is 0 Å². The van der Waals surface area contributed by atoms with Gasteiger partial charge in [-0.2, -0.15) is 23.4 Å². The van der Waals surface area contributed by atoms with Gasteiger partial charge in [-0.15, -0.1) is 0 Å². The number of hydrogen-bond acceptors (Lipinski definition) is 4. The van der Waals surface area contributed by atoms with Crippen LogP contribution in [0.2, 0.25) is 0 Å². The molecule has 0 aliphatic heterocycles. The summed E-state index contributed by atoms with van der Waals surface area (Å²) in [4.78, 5) is 23.6. The summed E-state index contributed by atoms with van der Waals surface area (Å²) in [5, 5.41) is 11.7. The first kappa shape index (κ1) is 20.3. The normalized spacial score (nSPS) is 12.1. The number of alkyl halides is 3. The summed E-state index contributed by atoms with van der Waals surface area (Å²) in [6, 6.07) is 8.94. The maximum atomic E-state index is 13.6. The van der Waals surface area contributed by atoms with Crippen LogP contribution in [-0.2, 0) is 11.6 Å². The highest BCUT2D eigenvalue weighted by Gasteiger charge is 2.41. The topological polar surface area (TPSA) is 92.7 Å². The highest BCUT2D eigenvalue weighted by molar-refractivity contribution is 6.05. The number of carbonyl (C=O) groups excluding carboxylic acids is 1. The number of hydrogen-bond donors (Lipinski definition) is 2. The van der Waals surface area contributed by atoms with E-state index in [0.717, 1.165) is 23.9 Å². The second kappa shape index (κ2) is 7.19. The Morgan fingerprint density at radius 3 is 2.24 bits per heavy atom. The quantitative estimate of drug-likeness (QED) is 0.697. The van der Waals surface area contributed by atoms with Crippen molar-refractivity contribution in [2.45, 2.75) is 32.4 Å². The predicted molar refractivity (Wildman–Crippen MR) is 100 cm³/mol. The standard InChI is InChI=1S/C19H18F3N5O2/c1-18(2,3)11-4-6-12(7-5-11)24-17(29)13-10-23-27(16(13)19(20,21)22)14-8-9-15(28)26-25-14/h4-10H,1-3H3,(H,24,29)(H,26,28). The van der Waals surface area contributed by atoms with Crippen LogP contribution in [0.15, 0.2) is 47.4 Å². The zero-order valence-corrected chi connectivity index (χ0v) is 15.8. The molecule has 3 rings (SSSR count). The van der Waals surface area contributed by atoms with E-state index in [1.165, 1.54) is 0 Å². The smallest absolute Gasteiger partial charge is 0.322 e. The monoisotopic (exact) mass is 405 g/mol. The van der Waals surface area contributed by atoms with E-state index < -0.39 is 28.9 Å². The van der Waals surface area contributed by atoms with Gasteiger partial charge in [-0.3, -0.25) is 9.59 Å². The van der Waals surface area contributed by atoms with Crippen LogP contribution >= 0.6 is 0 Å². The first-order chi connectivity index (χ1) is 13.5. The number of nitrogens with zero attached hydrogens (tertiary/aromatic N) is 3. The molecule has 2 heterocycles. The Labute approximate surface area is 163 Å². The molecule has 0 saturated heterocycles.